The van der Waals surface area contributed by atoms with Crippen molar-refractivity contribution in [3.8, 4) is 0 Å². The van der Waals surface area contributed by atoms with E-state index in [0.29, 0.717) is 12.6 Å². The number of carbonyl (C=O) groups is 4. The lowest BCUT2D eigenvalue weighted by molar-refractivity contribution is -0.145. The molecule has 0 aliphatic heterocycles. The number of carbonyl (C=O) groups excluding carboxylic acids is 4. The molecule has 0 aliphatic carbocycles. The Morgan fingerprint density at radius 1 is 1.19 bits per heavy atom. The van der Waals surface area contributed by atoms with Crippen molar-refractivity contribution in [3.05, 3.63) is 0 Å². The van der Waals surface area contributed by atoms with Gasteiger partial charge in [-0.25, -0.2) is 4.79 Å². The molecule has 0 saturated heterocycles. The van der Waals surface area contributed by atoms with E-state index in [1.165, 1.54) is 14.0 Å². The van der Waals surface area contributed by atoms with Gasteiger partial charge in [-0.1, -0.05) is 6.92 Å². The van der Waals surface area contributed by atoms with Crippen LogP contribution in [0.3, 0.4) is 0 Å². The van der Waals surface area contributed by atoms with E-state index in [-0.39, 0.29) is 18.7 Å². The lowest BCUT2D eigenvalue weighted by atomic mass is 10.1. The van der Waals surface area contributed by atoms with Crippen LogP contribution in [0.2, 0.25) is 0 Å². The minimum atomic E-state index is -0.991. The molecule has 0 bridgehead atoms. The standard InChI is InChI=1S/C13H21N3O5/c1-4-10(15-8(2)17)12(19)16-11(13(20)21-3)6-5-9(18)7-14/h7,10-11,14H,4-6H2,1-3H3,(H,15,17)(H,16,19)/t10-,11-/m0/s1. The minimum absolute atomic E-state index is 0.0309. The summed E-state index contributed by atoms with van der Waals surface area (Å²) in [6, 6.07) is -1.75. The summed E-state index contributed by atoms with van der Waals surface area (Å²) in [5.74, 6) is -2.01. The van der Waals surface area contributed by atoms with E-state index in [4.69, 9.17) is 5.41 Å². The number of hydrogen-bond donors (Lipinski definition) is 3. The molecule has 0 aromatic rings. The van der Waals surface area contributed by atoms with Crippen LogP contribution in [0.1, 0.15) is 33.1 Å². The van der Waals surface area contributed by atoms with Crippen molar-refractivity contribution < 1.29 is 23.9 Å². The van der Waals surface area contributed by atoms with Crippen LogP contribution in [0.5, 0.6) is 0 Å². The van der Waals surface area contributed by atoms with Crippen molar-refractivity contribution >= 4 is 29.8 Å². The first kappa shape index (κ1) is 18.8. The molecule has 2 atom stereocenters. The average Bonchev–Trinajstić information content (AvgIpc) is 2.46. The van der Waals surface area contributed by atoms with Crippen molar-refractivity contribution in [1.29, 1.82) is 5.41 Å². The molecule has 0 radical (unpaired) electrons. The van der Waals surface area contributed by atoms with Crippen LogP contribution in [0.25, 0.3) is 0 Å². The first-order valence-electron chi connectivity index (χ1n) is 6.54. The first-order chi connectivity index (χ1) is 9.85. The molecule has 8 nitrogen and oxygen atoms in total. The van der Waals surface area contributed by atoms with Crippen LogP contribution in [0.15, 0.2) is 0 Å². The average molecular weight is 299 g/mol. The second-order valence-corrected chi connectivity index (χ2v) is 4.40. The molecule has 21 heavy (non-hydrogen) atoms. The number of amides is 2. The minimum Gasteiger partial charge on any atom is -0.467 e. The Morgan fingerprint density at radius 3 is 2.24 bits per heavy atom. The van der Waals surface area contributed by atoms with E-state index in [9.17, 15) is 19.2 Å². The summed E-state index contributed by atoms with van der Waals surface area (Å²) in [6.07, 6.45) is 0.991. The maximum atomic E-state index is 12.0. The maximum absolute atomic E-state index is 12.0. The maximum Gasteiger partial charge on any atom is 0.328 e. The fraction of sp³-hybridized carbons (Fsp3) is 0.615. The largest absolute Gasteiger partial charge is 0.467 e. The van der Waals surface area contributed by atoms with E-state index >= 15 is 0 Å². The molecule has 0 aromatic carbocycles. The topological polar surface area (TPSA) is 125 Å². The number of hydrogen-bond acceptors (Lipinski definition) is 6. The monoisotopic (exact) mass is 299 g/mol. The Balaban J connectivity index is 4.74. The highest BCUT2D eigenvalue weighted by Crippen LogP contribution is 2.02. The zero-order valence-electron chi connectivity index (χ0n) is 12.4. The predicted octanol–water partition coefficient (Wildman–Crippen LogP) is -0.442. The summed E-state index contributed by atoms with van der Waals surface area (Å²) < 4.78 is 4.56. The van der Waals surface area contributed by atoms with Gasteiger partial charge >= 0.3 is 5.97 Å². The molecule has 8 heteroatoms. The Bertz CT molecular complexity index is 422. The summed E-state index contributed by atoms with van der Waals surface area (Å²) in [6.45, 7) is 3.00. The molecular formula is C13H21N3O5. The van der Waals surface area contributed by atoms with Gasteiger partial charge in [0.2, 0.25) is 11.8 Å². The molecule has 0 heterocycles. The van der Waals surface area contributed by atoms with Gasteiger partial charge in [0.1, 0.15) is 12.1 Å². The van der Waals surface area contributed by atoms with E-state index in [1.807, 2.05) is 0 Å². The van der Waals surface area contributed by atoms with E-state index in [0.717, 1.165) is 0 Å². The van der Waals surface area contributed by atoms with Crippen LogP contribution in [-0.4, -0.2) is 49.0 Å². The Hall–Kier alpha value is -2.25. The van der Waals surface area contributed by atoms with Gasteiger partial charge in [-0.15, -0.1) is 0 Å². The molecule has 0 saturated carbocycles. The van der Waals surface area contributed by atoms with E-state index in [2.05, 4.69) is 15.4 Å². The molecule has 2 amide bonds. The van der Waals surface area contributed by atoms with E-state index in [1.54, 1.807) is 6.92 Å². The fourth-order valence-electron chi connectivity index (χ4n) is 1.62. The van der Waals surface area contributed by atoms with Crippen molar-refractivity contribution in [2.24, 2.45) is 0 Å². The zero-order valence-corrected chi connectivity index (χ0v) is 12.4. The third-order valence-corrected chi connectivity index (χ3v) is 2.74. The second-order valence-electron chi connectivity index (χ2n) is 4.40. The lowest BCUT2D eigenvalue weighted by Gasteiger charge is -2.20. The number of methoxy groups -OCH3 is 1. The Labute approximate surface area is 123 Å². The number of ketones is 1. The molecule has 0 unspecified atom stereocenters. The third kappa shape index (κ3) is 7.19. The molecule has 0 aliphatic rings. The highest BCUT2D eigenvalue weighted by molar-refractivity contribution is 6.26. The third-order valence-electron chi connectivity index (χ3n) is 2.74. The van der Waals surface area contributed by atoms with Crippen LogP contribution in [0, 0.1) is 5.41 Å². The summed E-state index contributed by atoms with van der Waals surface area (Å²) >= 11 is 0. The molecule has 0 rings (SSSR count). The SMILES string of the molecule is CC[C@H](NC(C)=O)C(=O)N[C@@H](CCC(=O)C=N)C(=O)OC. The predicted molar refractivity (Wildman–Crippen MR) is 74.9 cm³/mol. The zero-order chi connectivity index (χ0) is 16.4. The van der Waals surface area contributed by atoms with Gasteiger partial charge in [0.25, 0.3) is 0 Å². The van der Waals surface area contributed by atoms with Gasteiger partial charge < -0.3 is 20.8 Å². The summed E-state index contributed by atoms with van der Waals surface area (Å²) in [7, 11) is 1.17. The fourth-order valence-corrected chi connectivity index (χ4v) is 1.62. The molecule has 0 spiro atoms. The number of nitrogens with one attached hydrogen (secondary N) is 3. The number of ether oxygens (including phenoxy) is 1. The molecular weight excluding hydrogens is 278 g/mol. The van der Waals surface area contributed by atoms with Crippen LogP contribution >= 0.6 is 0 Å². The molecule has 3 N–H and O–H groups in total. The summed E-state index contributed by atoms with van der Waals surface area (Å²) in [5, 5.41) is 11.7. The quantitative estimate of drug-likeness (QED) is 0.393. The van der Waals surface area contributed by atoms with Gasteiger partial charge in [0.05, 0.1) is 13.3 Å². The Morgan fingerprint density at radius 2 is 1.81 bits per heavy atom. The van der Waals surface area contributed by atoms with Crippen molar-refractivity contribution in [2.45, 2.75) is 45.2 Å². The van der Waals surface area contributed by atoms with Crippen LogP contribution in [-0.2, 0) is 23.9 Å². The van der Waals surface area contributed by atoms with E-state index < -0.39 is 29.7 Å². The van der Waals surface area contributed by atoms with Gasteiger partial charge in [0, 0.05) is 13.3 Å². The lowest BCUT2D eigenvalue weighted by Crippen LogP contribution is -2.51. The van der Waals surface area contributed by atoms with Crippen molar-refractivity contribution in [3.63, 3.8) is 0 Å². The smallest absolute Gasteiger partial charge is 0.328 e. The summed E-state index contributed by atoms with van der Waals surface area (Å²) in [5.41, 5.74) is 0. The number of esters is 1. The van der Waals surface area contributed by atoms with Crippen LogP contribution in [0.4, 0.5) is 0 Å². The van der Waals surface area contributed by atoms with Crippen LogP contribution < -0.4 is 10.6 Å². The molecule has 0 fully saturated rings. The van der Waals surface area contributed by atoms with Crippen molar-refractivity contribution in [1.82, 2.24) is 10.6 Å². The number of rotatable bonds is 9. The normalized spacial score (nSPS) is 12.7. The van der Waals surface area contributed by atoms with Gasteiger partial charge in [-0.3, -0.25) is 14.4 Å². The second kappa shape index (κ2) is 9.62. The van der Waals surface area contributed by atoms with Gasteiger partial charge in [0.15, 0.2) is 5.78 Å². The molecule has 118 valence electrons. The number of Topliss-reactive ketones (excluding diaryl/α,β-unsaturated/α-hetero) is 1. The molecule has 0 aromatic heterocycles. The van der Waals surface area contributed by atoms with Gasteiger partial charge in [-0.05, 0) is 12.8 Å². The highest BCUT2D eigenvalue weighted by Gasteiger charge is 2.26. The van der Waals surface area contributed by atoms with Crippen molar-refractivity contribution in [2.75, 3.05) is 7.11 Å². The highest BCUT2D eigenvalue weighted by atomic mass is 16.5. The van der Waals surface area contributed by atoms with Gasteiger partial charge in [-0.2, -0.15) is 0 Å². The first-order valence-corrected chi connectivity index (χ1v) is 6.54. The summed E-state index contributed by atoms with van der Waals surface area (Å²) in [4.78, 5) is 45.7. The Kier molecular flexibility index (Phi) is 8.59.